The van der Waals surface area contributed by atoms with Gasteiger partial charge >= 0.3 is 0 Å². The average molecular weight is 408 g/mol. The molecule has 0 aliphatic rings. The van der Waals surface area contributed by atoms with Crippen LogP contribution in [0.25, 0.3) is 11.0 Å². The monoisotopic (exact) mass is 407 g/mol. The van der Waals surface area contributed by atoms with E-state index in [9.17, 15) is 0 Å². The molecule has 1 N–H and O–H groups in total. The molecule has 0 fully saturated rings. The van der Waals surface area contributed by atoms with E-state index in [1.807, 2.05) is 43.3 Å². The van der Waals surface area contributed by atoms with Crippen LogP contribution in [0.2, 0.25) is 0 Å². The Kier molecular flexibility index (Phi) is 5.39. The van der Waals surface area contributed by atoms with Crippen LogP contribution in [-0.2, 0) is 9.07 Å². The van der Waals surface area contributed by atoms with Gasteiger partial charge in [0.15, 0.2) is 5.65 Å². The molecule has 3 aromatic rings. The van der Waals surface area contributed by atoms with Gasteiger partial charge in [-0.05, 0) is 41.1 Å². The first-order chi connectivity index (χ1) is 11.7. The summed E-state index contributed by atoms with van der Waals surface area (Å²) in [6.07, 6.45) is 3.27. The van der Waals surface area contributed by atoms with Crippen LogP contribution >= 0.6 is 28.0 Å². The lowest BCUT2D eigenvalue weighted by Gasteiger charge is -2.04. The molecular weight excluding hydrogens is 394 g/mol. The van der Waals surface area contributed by atoms with Crippen LogP contribution in [0.5, 0.6) is 0 Å². The lowest BCUT2D eigenvalue weighted by Crippen LogP contribution is -2.08. The molecule has 0 unspecified atom stereocenters. The molecule has 2 aromatic heterocycles. The molecule has 0 aliphatic carbocycles. The lowest BCUT2D eigenvalue weighted by atomic mass is 10.2. The molecule has 0 bridgehead atoms. The van der Waals surface area contributed by atoms with E-state index in [-0.39, 0.29) is 5.90 Å². The van der Waals surface area contributed by atoms with Crippen molar-refractivity contribution in [3.05, 3.63) is 58.8 Å². The Labute approximate surface area is 151 Å². The minimum Gasteiger partial charge on any atom is -0.478 e. The first-order valence-corrected chi connectivity index (χ1v) is 8.67. The quantitative estimate of drug-likeness (QED) is 0.217. The highest BCUT2D eigenvalue weighted by atomic mass is 79.9. The number of aromatic nitrogens is 2. The number of rotatable bonds is 6. The van der Waals surface area contributed by atoms with Crippen molar-refractivity contribution in [1.82, 2.24) is 9.71 Å². The molecule has 0 saturated heterocycles. The first kappa shape index (κ1) is 16.8. The van der Waals surface area contributed by atoms with Crippen molar-refractivity contribution in [3.8, 4) is 0 Å². The average Bonchev–Trinajstić information content (AvgIpc) is 2.94. The third kappa shape index (κ3) is 3.72. The molecule has 1 aromatic carbocycles. The normalized spacial score (nSPS) is 10.8. The summed E-state index contributed by atoms with van der Waals surface area (Å²) in [6, 6.07) is 11.4. The van der Waals surface area contributed by atoms with E-state index in [1.165, 1.54) is 4.73 Å². The smallest absolute Gasteiger partial charge is 0.215 e. The highest BCUT2D eigenvalue weighted by Gasteiger charge is 2.16. The van der Waals surface area contributed by atoms with Gasteiger partial charge in [0.2, 0.25) is 5.90 Å². The number of benzene rings is 1. The second-order valence-corrected chi connectivity index (χ2v) is 6.38. The van der Waals surface area contributed by atoms with E-state index >= 15 is 0 Å². The number of pyridine rings is 1. The number of nitrogens with one attached hydrogen (secondary N) is 1. The summed E-state index contributed by atoms with van der Waals surface area (Å²) >= 11 is 4.48. The molecule has 6 nitrogen and oxygen atoms in total. The number of hydrogen-bond acceptors (Lipinski definition) is 6. The van der Waals surface area contributed by atoms with Crippen LogP contribution in [0.3, 0.4) is 0 Å². The van der Waals surface area contributed by atoms with Crippen molar-refractivity contribution >= 4 is 44.9 Å². The number of fused-ring (bicyclic) bond motifs is 1. The summed E-state index contributed by atoms with van der Waals surface area (Å²) in [4.78, 5) is 10.5. The van der Waals surface area contributed by atoms with E-state index in [4.69, 9.17) is 19.5 Å². The fraction of sp³-hybridized carbons (Fsp3) is 0.125. The van der Waals surface area contributed by atoms with Crippen LogP contribution in [0.1, 0.15) is 12.5 Å². The second-order valence-electron chi connectivity index (χ2n) is 4.69. The van der Waals surface area contributed by atoms with Gasteiger partial charge in [0, 0.05) is 21.0 Å². The summed E-state index contributed by atoms with van der Waals surface area (Å²) in [6.45, 7) is 2.24. The van der Waals surface area contributed by atoms with Crippen molar-refractivity contribution in [2.45, 2.75) is 11.8 Å². The van der Waals surface area contributed by atoms with Crippen LogP contribution in [0.15, 0.2) is 58.2 Å². The summed E-state index contributed by atoms with van der Waals surface area (Å²) in [5, 5.41) is 8.76. The zero-order chi connectivity index (χ0) is 16.9. The highest BCUT2D eigenvalue weighted by Crippen LogP contribution is 2.24. The Morgan fingerprint density at radius 3 is 2.88 bits per heavy atom. The summed E-state index contributed by atoms with van der Waals surface area (Å²) in [7, 11) is 0. The molecule has 0 radical (unpaired) electrons. The minimum atomic E-state index is 0.0560. The molecule has 0 amide bonds. The molecule has 0 saturated carbocycles. The van der Waals surface area contributed by atoms with Crippen LogP contribution in [0.4, 0.5) is 0 Å². The topological polar surface area (TPSA) is 69.4 Å². The highest BCUT2D eigenvalue weighted by molar-refractivity contribution is 9.10. The molecule has 3 rings (SSSR count). The standard InChI is InChI=1S/C16H14BrN3O3S/c1-2-21-15(18)14-10-20(16-13(14)8-11(17)9-19-16)22-23-24-12-6-4-3-5-7-12/h3-10,18H,2H2,1H3. The van der Waals surface area contributed by atoms with Crippen molar-refractivity contribution in [1.29, 1.82) is 5.41 Å². The van der Waals surface area contributed by atoms with Gasteiger partial charge in [-0.1, -0.05) is 22.5 Å². The molecule has 0 spiro atoms. The van der Waals surface area contributed by atoms with Gasteiger partial charge in [-0.3, -0.25) is 5.41 Å². The number of halogens is 1. The van der Waals surface area contributed by atoms with Gasteiger partial charge in [-0.2, -0.15) is 0 Å². The Balaban J connectivity index is 1.83. The molecular formula is C16H14BrN3O3S. The Morgan fingerprint density at radius 2 is 2.12 bits per heavy atom. The minimum absolute atomic E-state index is 0.0560. The van der Waals surface area contributed by atoms with E-state index < -0.39 is 0 Å². The SMILES string of the molecule is CCOC(=N)c1cn(OOSc2ccccc2)c2ncc(Br)cc12. The molecule has 2 heterocycles. The Hall–Kier alpha value is -2.03. The van der Waals surface area contributed by atoms with Crippen molar-refractivity contribution in [2.24, 2.45) is 0 Å². The zero-order valence-electron chi connectivity index (χ0n) is 12.7. The van der Waals surface area contributed by atoms with Gasteiger partial charge in [-0.25, -0.2) is 9.97 Å². The van der Waals surface area contributed by atoms with Crippen LogP contribution < -0.4 is 4.99 Å². The second kappa shape index (κ2) is 7.69. The molecule has 0 atom stereocenters. The summed E-state index contributed by atoms with van der Waals surface area (Å²) in [5.41, 5.74) is 1.11. The largest absolute Gasteiger partial charge is 0.478 e. The number of ether oxygens (including phenoxy) is 1. The maximum absolute atomic E-state index is 8.03. The summed E-state index contributed by atoms with van der Waals surface area (Å²) < 4.78 is 12.7. The maximum atomic E-state index is 8.03. The number of nitrogens with zero attached hydrogens (tertiary/aromatic N) is 2. The predicted octanol–water partition coefficient (Wildman–Crippen LogP) is 4.23. The van der Waals surface area contributed by atoms with Gasteiger partial charge in [-0.15, -0.1) is 4.73 Å². The van der Waals surface area contributed by atoms with E-state index in [1.54, 1.807) is 12.4 Å². The Morgan fingerprint density at radius 1 is 1.33 bits per heavy atom. The third-order valence-electron chi connectivity index (χ3n) is 3.10. The summed E-state index contributed by atoms with van der Waals surface area (Å²) in [5.74, 6) is 0.0560. The Bertz CT molecular complexity index is 854. The van der Waals surface area contributed by atoms with Gasteiger partial charge in [0.1, 0.15) is 0 Å². The molecule has 0 aliphatic heterocycles. The van der Waals surface area contributed by atoms with Crippen LogP contribution in [-0.4, -0.2) is 22.2 Å². The molecule has 24 heavy (non-hydrogen) atoms. The molecule has 8 heteroatoms. The van der Waals surface area contributed by atoms with Gasteiger partial charge in [0.25, 0.3) is 0 Å². The van der Waals surface area contributed by atoms with E-state index in [2.05, 4.69) is 20.9 Å². The third-order valence-corrected chi connectivity index (χ3v) is 4.12. The first-order valence-electron chi connectivity index (χ1n) is 7.14. The zero-order valence-corrected chi connectivity index (χ0v) is 15.1. The van der Waals surface area contributed by atoms with Crippen LogP contribution in [0, 0.1) is 5.41 Å². The predicted molar refractivity (Wildman–Crippen MR) is 95.9 cm³/mol. The van der Waals surface area contributed by atoms with Crippen molar-refractivity contribution in [2.75, 3.05) is 6.61 Å². The van der Waals surface area contributed by atoms with Gasteiger partial charge in [0.05, 0.1) is 30.4 Å². The lowest BCUT2D eigenvalue weighted by molar-refractivity contribution is -0.188. The van der Waals surface area contributed by atoms with Crippen molar-refractivity contribution < 1.29 is 14.1 Å². The number of hydrogen-bond donors (Lipinski definition) is 1. The van der Waals surface area contributed by atoms with E-state index in [0.717, 1.165) is 26.8 Å². The fourth-order valence-corrected chi connectivity index (χ4v) is 2.85. The van der Waals surface area contributed by atoms with Gasteiger partial charge < -0.3 is 4.74 Å². The van der Waals surface area contributed by atoms with E-state index in [0.29, 0.717) is 17.8 Å². The molecule has 124 valence electrons. The fourth-order valence-electron chi connectivity index (χ4n) is 2.08. The van der Waals surface area contributed by atoms with Crippen molar-refractivity contribution in [3.63, 3.8) is 0 Å². The maximum Gasteiger partial charge on any atom is 0.215 e.